The second-order valence-corrected chi connectivity index (χ2v) is 10.5. The molecule has 1 saturated heterocycles. The molecule has 3 aliphatic heterocycles. The summed E-state index contributed by atoms with van der Waals surface area (Å²) in [5.41, 5.74) is 1.27. The smallest absolute Gasteiger partial charge is 0.330 e. The van der Waals surface area contributed by atoms with Gasteiger partial charge in [-0.1, -0.05) is 18.5 Å². The van der Waals surface area contributed by atoms with Gasteiger partial charge in [0.05, 0.1) is 28.8 Å². The highest BCUT2D eigenvalue weighted by molar-refractivity contribution is 7.89. The van der Waals surface area contributed by atoms with E-state index >= 15 is 0 Å². The van der Waals surface area contributed by atoms with Gasteiger partial charge in [0.25, 0.3) is 0 Å². The van der Waals surface area contributed by atoms with Crippen molar-refractivity contribution in [3.05, 3.63) is 23.8 Å². The predicted molar refractivity (Wildman–Crippen MR) is 133 cm³/mol. The number of ether oxygens (including phenoxy) is 1. The summed E-state index contributed by atoms with van der Waals surface area (Å²) < 4.78 is 34.1. The molecular weight excluding hydrogens is 472 g/mol. The van der Waals surface area contributed by atoms with Crippen LogP contribution in [0.4, 0.5) is 4.79 Å². The number of carbonyl (C=O) groups is 1. The van der Waals surface area contributed by atoms with E-state index < -0.39 is 16.2 Å². The van der Waals surface area contributed by atoms with Crippen LogP contribution < -0.4 is 10.1 Å². The first-order chi connectivity index (χ1) is 16.8. The number of fused-ring (bicyclic) bond motifs is 1. The molecule has 35 heavy (non-hydrogen) atoms. The second-order valence-electron chi connectivity index (χ2n) is 8.56. The van der Waals surface area contributed by atoms with Gasteiger partial charge in [-0.15, -0.1) is 0 Å². The predicted octanol–water partition coefficient (Wildman–Crippen LogP) is 2.57. The molecule has 0 saturated carbocycles. The molecule has 3 heterocycles. The first-order valence-corrected chi connectivity index (χ1v) is 13.3. The third-order valence-electron chi connectivity index (χ3n) is 6.26. The number of nitrogens with one attached hydrogen (secondary N) is 1. The van der Waals surface area contributed by atoms with Crippen LogP contribution in [0.5, 0.6) is 5.75 Å². The first kappa shape index (κ1) is 25.1. The van der Waals surface area contributed by atoms with Crippen molar-refractivity contribution in [2.75, 3.05) is 26.8 Å². The average Bonchev–Trinajstić information content (AvgIpc) is 3.15. The monoisotopic (exact) mass is 504 g/mol. The molecule has 0 spiro atoms. The lowest BCUT2D eigenvalue weighted by Gasteiger charge is -2.31. The van der Waals surface area contributed by atoms with Crippen molar-refractivity contribution in [2.45, 2.75) is 63.6 Å². The number of aliphatic imine (C=N–C) groups is 2. The number of benzene rings is 1. The van der Waals surface area contributed by atoms with E-state index in [1.54, 1.807) is 17.9 Å². The van der Waals surface area contributed by atoms with Crippen molar-refractivity contribution in [1.29, 1.82) is 0 Å². The summed E-state index contributed by atoms with van der Waals surface area (Å²) in [6, 6.07) is 4.21. The van der Waals surface area contributed by atoms with Crippen LogP contribution in [-0.2, 0) is 14.9 Å². The highest BCUT2D eigenvalue weighted by Crippen LogP contribution is 2.30. The zero-order valence-electron chi connectivity index (χ0n) is 20.5. The number of amides is 2. The van der Waals surface area contributed by atoms with Crippen LogP contribution in [-0.4, -0.2) is 80.1 Å². The maximum atomic E-state index is 13.4. The van der Waals surface area contributed by atoms with Gasteiger partial charge in [0.2, 0.25) is 10.0 Å². The molecule has 0 aliphatic carbocycles. The van der Waals surface area contributed by atoms with Crippen LogP contribution in [0.2, 0.25) is 0 Å². The van der Waals surface area contributed by atoms with Gasteiger partial charge < -0.3 is 9.57 Å². The van der Waals surface area contributed by atoms with Crippen molar-refractivity contribution in [3.8, 4) is 5.75 Å². The Labute approximate surface area is 205 Å². The van der Waals surface area contributed by atoms with Gasteiger partial charge >= 0.3 is 6.03 Å². The van der Waals surface area contributed by atoms with E-state index in [0.717, 1.165) is 18.6 Å². The third-order valence-corrected chi connectivity index (χ3v) is 8.16. The topological polar surface area (TPSA) is 125 Å². The Morgan fingerprint density at radius 3 is 2.60 bits per heavy atom. The highest BCUT2D eigenvalue weighted by atomic mass is 32.2. The number of sulfonamides is 1. The first-order valence-electron chi connectivity index (χ1n) is 11.9. The number of amidine groups is 2. The van der Waals surface area contributed by atoms with Crippen LogP contribution in [0.1, 0.15) is 52.0 Å². The van der Waals surface area contributed by atoms with Gasteiger partial charge in [0.15, 0.2) is 6.17 Å². The highest BCUT2D eigenvalue weighted by Gasteiger charge is 2.41. The summed E-state index contributed by atoms with van der Waals surface area (Å²) in [5.74, 6) is 1.36. The van der Waals surface area contributed by atoms with E-state index in [1.165, 1.54) is 23.5 Å². The number of hydrogen-bond donors (Lipinski definition) is 1. The number of piperidine rings is 1. The minimum absolute atomic E-state index is 0.117. The van der Waals surface area contributed by atoms with Crippen LogP contribution in [0.15, 0.2) is 38.2 Å². The fourth-order valence-corrected chi connectivity index (χ4v) is 6.07. The lowest BCUT2D eigenvalue weighted by Crippen LogP contribution is -2.54. The molecule has 0 bridgehead atoms. The summed E-state index contributed by atoms with van der Waals surface area (Å²) in [5, 5.41) is 6.76. The Morgan fingerprint density at radius 1 is 1.20 bits per heavy atom. The third kappa shape index (κ3) is 4.90. The van der Waals surface area contributed by atoms with E-state index in [4.69, 9.17) is 14.6 Å². The molecule has 0 radical (unpaired) electrons. The summed E-state index contributed by atoms with van der Waals surface area (Å²) in [7, 11) is -2.29. The standard InChI is InChI=1S/C23H32N6O5S/c1-5-7-19-22-25-21(26-23(30)29(22)15(3)24-19)18-14-17(8-9-20(18)34-6-2)35(31,32)28-12-10-16(11-13-28)27-33-4/h8-9,14,19,22H,5-7,10-13H2,1-4H3,(H,25,26,30). The van der Waals surface area contributed by atoms with Gasteiger partial charge in [-0.3, -0.25) is 15.2 Å². The maximum Gasteiger partial charge on any atom is 0.330 e. The van der Waals surface area contributed by atoms with Gasteiger partial charge in [-0.05, 0) is 38.5 Å². The summed E-state index contributed by atoms with van der Waals surface area (Å²) >= 11 is 0. The summed E-state index contributed by atoms with van der Waals surface area (Å²) in [4.78, 5) is 28.9. The fraction of sp³-hybridized carbons (Fsp3) is 0.565. The molecule has 1 aromatic rings. The number of hydrogen-bond acceptors (Lipinski definition) is 8. The molecule has 12 heteroatoms. The van der Waals surface area contributed by atoms with E-state index in [1.807, 2.05) is 6.92 Å². The van der Waals surface area contributed by atoms with Gasteiger partial charge in [0.1, 0.15) is 24.5 Å². The normalized spacial score (nSPS) is 22.8. The molecule has 2 atom stereocenters. The van der Waals surface area contributed by atoms with Crippen molar-refractivity contribution < 1.29 is 22.8 Å². The molecule has 1 N–H and O–H groups in total. The summed E-state index contributed by atoms with van der Waals surface area (Å²) in [6.07, 6.45) is 2.25. The molecule has 1 fully saturated rings. The molecule has 2 amide bonds. The zero-order chi connectivity index (χ0) is 25.2. The van der Waals surface area contributed by atoms with Crippen LogP contribution >= 0.6 is 0 Å². The quantitative estimate of drug-likeness (QED) is 0.545. The number of carbonyl (C=O) groups excluding carboxylic acids is 1. The largest absolute Gasteiger partial charge is 0.493 e. The SMILES string of the molecule is CCCC1N=C(C)N2C(=O)NC(c3cc(S(=O)(=O)N4CCC(=NOC)CC4)ccc3OCC)=NC12. The molecule has 190 valence electrons. The van der Waals surface area contributed by atoms with Crippen molar-refractivity contribution >= 4 is 33.4 Å². The van der Waals surface area contributed by atoms with E-state index in [-0.39, 0.29) is 22.8 Å². The Bertz CT molecular complexity index is 1170. The molecule has 1 aromatic carbocycles. The maximum absolute atomic E-state index is 13.4. The Morgan fingerprint density at radius 2 is 1.94 bits per heavy atom. The van der Waals surface area contributed by atoms with Gasteiger partial charge in [-0.2, -0.15) is 4.31 Å². The average molecular weight is 505 g/mol. The number of urea groups is 1. The van der Waals surface area contributed by atoms with Crippen molar-refractivity contribution in [3.63, 3.8) is 0 Å². The molecule has 2 unspecified atom stereocenters. The molecular formula is C23H32N6O5S. The Kier molecular flexibility index (Phi) is 7.41. The Balaban J connectivity index is 1.69. The van der Waals surface area contributed by atoms with Crippen molar-refractivity contribution in [2.24, 2.45) is 15.1 Å². The van der Waals surface area contributed by atoms with E-state index in [2.05, 4.69) is 22.4 Å². The van der Waals surface area contributed by atoms with Crippen molar-refractivity contribution in [1.82, 2.24) is 14.5 Å². The van der Waals surface area contributed by atoms with Crippen LogP contribution in [0.25, 0.3) is 0 Å². The van der Waals surface area contributed by atoms with Gasteiger partial charge in [-0.25, -0.2) is 18.2 Å². The second kappa shape index (κ2) is 10.3. The lowest BCUT2D eigenvalue weighted by atomic mass is 10.1. The number of nitrogens with zero attached hydrogens (tertiary/aromatic N) is 5. The number of oxime groups is 1. The lowest BCUT2D eigenvalue weighted by molar-refractivity contribution is 0.209. The number of rotatable bonds is 8. The Hall–Kier alpha value is -2.99. The fourth-order valence-electron chi connectivity index (χ4n) is 4.61. The van der Waals surface area contributed by atoms with E-state index in [0.29, 0.717) is 49.7 Å². The minimum atomic E-state index is -3.77. The molecule has 11 nitrogen and oxygen atoms in total. The molecule has 4 rings (SSSR count). The minimum Gasteiger partial charge on any atom is -0.493 e. The van der Waals surface area contributed by atoms with Crippen LogP contribution in [0, 0.1) is 0 Å². The van der Waals surface area contributed by atoms with Crippen LogP contribution in [0.3, 0.4) is 0 Å². The molecule has 3 aliphatic rings. The zero-order valence-corrected chi connectivity index (χ0v) is 21.3. The van der Waals surface area contributed by atoms with Gasteiger partial charge in [0, 0.05) is 25.9 Å². The summed E-state index contributed by atoms with van der Waals surface area (Å²) in [6.45, 7) is 6.71. The van der Waals surface area contributed by atoms with E-state index in [9.17, 15) is 13.2 Å². The molecule has 0 aromatic heterocycles.